The van der Waals surface area contributed by atoms with Crippen LogP contribution in [0.1, 0.15) is 24.1 Å². The number of rotatable bonds is 3. The number of piperidine rings is 1. The van der Waals surface area contributed by atoms with Crippen molar-refractivity contribution >= 4 is 17.6 Å². The summed E-state index contributed by atoms with van der Waals surface area (Å²) in [5.74, 6) is 1.45. The van der Waals surface area contributed by atoms with E-state index in [0.717, 1.165) is 55.7 Å². The normalized spacial score (nSPS) is 19.8. The Morgan fingerprint density at radius 1 is 1.43 bits per heavy atom. The zero-order valence-corrected chi connectivity index (χ0v) is 18.4. The van der Waals surface area contributed by atoms with E-state index in [1.54, 1.807) is 11.8 Å². The van der Waals surface area contributed by atoms with Gasteiger partial charge in [0, 0.05) is 63.3 Å². The quantitative estimate of drug-likeness (QED) is 0.303. The molecule has 1 saturated heterocycles. The summed E-state index contributed by atoms with van der Waals surface area (Å²) >= 11 is 1.59. The molecule has 0 aliphatic carbocycles. The standard InChI is InChI=1S/C15H20N5S.2Nb/c1-21-15-18-13-9-17-7-5-12(13)14(19-15)20-8-2-3-11(10-20)4-6-16;;/h3,11,17H,2,4-5,7-10H2,1H3;;/q-1;;. The molecule has 3 rings (SSSR count). The van der Waals surface area contributed by atoms with Crippen LogP contribution in [-0.4, -0.2) is 35.9 Å². The molecule has 0 amide bonds. The third-order valence-corrected chi connectivity index (χ3v) is 4.63. The summed E-state index contributed by atoms with van der Waals surface area (Å²) in [7, 11) is 0. The summed E-state index contributed by atoms with van der Waals surface area (Å²) in [6.07, 6.45) is 6.91. The zero-order chi connectivity index (χ0) is 14.7. The molecule has 0 saturated carbocycles. The van der Waals surface area contributed by atoms with Crippen LogP contribution in [0, 0.1) is 23.7 Å². The van der Waals surface area contributed by atoms with Gasteiger partial charge in [0.1, 0.15) is 5.82 Å². The number of anilines is 1. The first kappa shape index (κ1) is 21.2. The maximum atomic E-state index is 8.92. The number of thioether (sulfide) groups is 1. The summed E-state index contributed by atoms with van der Waals surface area (Å²) < 4.78 is 0. The van der Waals surface area contributed by atoms with E-state index in [0.29, 0.717) is 12.3 Å². The van der Waals surface area contributed by atoms with E-state index in [-0.39, 0.29) is 44.8 Å². The average Bonchev–Trinajstić information content (AvgIpc) is 2.54. The van der Waals surface area contributed by atoms with Crippen molar-refractivity contribution in [2.75, 3.05) is 30.8 Å². The van der Waals surface area contributed by atoms with Crippen LogP contribution in [0.4, 0.5) is 5.82 Å². The first-order chi connectivity index (χ1) is 10.3. The Balaban J connectivity index is 0.00000132. The minimum atomic E-state index is 0. The van der Waals surface area contributed by atoms with Crippen molar-refractivity contribution in [2.45, 2.75) is 31.0 Å². The van der Waals surface area contributed by atoms with Crippen LogP contribution in [0.25, 0.3) is 0 Å². The van der Waals surface area contributed by atoms with Gasteiger partial charge < -0.3 is 16.6 Å². The van der Waals surface area contributed by atoms with Crippen LogP contribution in [0.2, 0.25) is 0 Å². The Bertz CT molecular complexity index is 564. The number of nitrogens with one attached hydrogen (secondary N) is 1. The molecular formula is C15H20N5Nb2S-. The Labute approximate surface area is 173 Å². The number of hydrogen-bond donors (Lipinski definition) is 1. The maximum Gasteiger partial charge on any atom is 0.189 e. The van der Waals surface area contributed by atoms with Crippen molar-refractivity contribution in [3.8, 4) is 6.07 Å². The van der Waals surface area contributed by atoms with E-state index in [1.807, 2.05) is 6.26 Å². The van der Waals surface area contributed by atoms with Crippen molar-refractivity contribution in [3.05, 3.63) is 17.7 Å². The summed E-state index contributed by atoms with van der Waals surface area (Å²) in [5.41, 5.74) is 2.44. The van der Waals surface area contributed by atoms with Crippen molar-refractivity contribution in [2.24, 2.45) is 5.92 Å². The van der Waals surface area contributed by atoms with Crippen LogP contribution >= 0.6 is 11.8 Å². The van der Waals surface area contributed by atoms with Crippen molar-refractivity contribution in [1.29, 1.82) is 5.26 Å². The predicted molar refractivity (Wildman–Crippen MR) is 84.1 cm³/mol. The minimum Gasteiger partial charge on any atom is -0.361 e. The van der Waals surface area contributed by atoms with Crippen molar-refractivity contribution < 1.29 is 44.8 Å². The summed E-state index contributed by atoms with van der Waals surface area (Å²) in [5, 5.41) is 13.2. The molecule has 1 atom stereocenters. The Kier molecular flexibility index (Phi) is 9.42. The molecule has 3 heterocycles. The van der Waals surface area contributed by atoms with E-state index in [2.05, 4.69) is 27.7 Å². The largest absolute Gasteiger partial charge is 0.361 e. The smallest absolute Gasteiger partial charge is 0.189 e. The van der Waals surface area contributed by atoms with Gasteiger partial charge in [-0.2, -0.15) is 11.7 Å². The summed E-state index contributed by atoms with van der Waals surface area (Å²) in [6.45, 7) is 3.72. The number of nitriles is 1. The second kappa shape index (κ2) is 10.2. The molecule has 0 aromatic carbocycles. The van der Waals surface area contributed by atoms with Gasteiger partial charge in [-0.15, -0.1) is 5.92 Å². The molecule has 5 nitrogen and oxygen atoms in total. The number of fused-ring (bicyclic) bond motifs is 1. The van der Waals surface area contributed by atoms with Gasteiger partial charge in [0.15, 0.2) is 5.16 Å². The number of aromatic nitrogens is 2. The van der Waals surface area contributed by atoms with E-state index >= 15 is 0 Å². The molecule has 1 N–H and O–H groups in total. The molecule has 2 aliphatic rings. The topological polar surface area (TPSA) is 64.8 Å². The fourth-order valence-corrected chi connectivity index (χ4v) is 3.42. The van der Waals surface area contributed by atoms with E-state index < -0.39 is 0 Å². The number of nitrogens with zero attached hydrogens (tertiary/aromatic N) is 4. The summed E-state index contributed by atoms with van der Waals surface area (Å²) in [4.78, 5) is 11.8. The van der Waals surface area contributed by atoms with Crippen LogP contribution in [0.15, 0.2) is 5.16 Å². The molecule has 1 aromatic heterocycles. The van der Waals surface area contributed by atoms with E-state index in [4.69, 9.17) is 10.2 Å². The molecule has 0 spiro atoms. The fraction of sp³-hybridized carbons (Fsp3) is 0.600. The van der Waals surface area contributed by atoms with Crippen molar-refractivity contribution in [3.63, 3.8) is 0 Å². The molecule has 0 bridgehead atoms. The van der Waals surface area contributed by atoms with Crippen LogP contribution in [0.5, 0.6) is 0 Å². The second-order valence-electron chi connectivity index (χ2n) is 5.48. The molecule has 23 heavy (non-hydrogen) atoms. The summed E-state index contributed by atoms with van der Waals surface area (Å²) in [6, 6.07) is 2.29. The first-order valence-electron chi connectivity index (χ1n) is 7.41. The monoisotopic (exact) mass is 488 g/mol. The average molecular weight is 488 g/mol. The van der Waals surface area contributed by atoms with Crippen LogP contribution in [0.3, 0.4) is 0 Å². The van der Waals surface area contributed by atoms with Gasteiger partial charge in [-0.25, -0.2) is 9.97 Å². The first-order valence-corrected chi connectivity index (χ1v) is 8.64. The van der Waals surface area contributed by atoms with Gasteiger partial charge in [0.2, 0.25) is 0 Å². The van der Waals surface area contributed by atoms with Crippen LogP contribution in [-0.2, 0) is 57.7 Å². The Morgan fingerprint density at radius 3 is 3.00 bits per heavy atom. The van der Waals surface area contributed by atoms with Gasteiger partial charge in [-0.3, -0.25) is 0 Å². The van der Waals surface area contributed by atoms with Crippen LogP contribution < -0.4 is 10.2 Å². The second-order valence-corrected chi connectivity index (χ2v) is 6.25. The van der Waals surface area contributed by atoms with Gasteiger partial charge in [-0.1, -0.05) is 11.8 Å². The molecule has 1 unspecified atom stereocenters. The maximum absolute atomic E-state index is 8.92. The zero-order valence-electron chi connectivity index (χ0n) is 13.2. The van der Waals surface area contributed by atoms with Gasteiger partial charge >= 0.3 is 0 Å². The molecule has 1 fully saturated rings. The molecule has 8 heteroatoms. The fourth-order valence-electron chi connectivity index (χ4n) is 3.04. The molecule has 2 radical (unpaired) electrons. The number of hydrogen-bond acceptors (Lipinski definition) is 6. The van der Waals surface area contributed by atoms with Gasteiger partial charge in [-0.05, 0) is 32.3 Å². The van der Waals surface area contributed by atoms with Gasteiger partial charge in [0.05, 0.1) is 11.8 Å². The van der Waals surface area contributed by atoms with Gasteiger partial charge in [0.25, 0.3) is 0 Å². The molecule has 122 valence electrons. The molecule has 2 aliphatic heterocycles. The molecular weight excluding hydrogens is 468 g/mol. The van der Waals surface area contributed by atoms with E-state index in [1.165, 1.54) is 5.56 Å². The van der Waals surface area contributed by atoms with Crippen molar-refractivity contribution in [1.82, 2.24) is 15.3 Å². The van der Waals surface area contributed by atoms with E-state index in [9.17, 15) is 0 Å². The predicted octanol–water partition coefficient (Wildman–Crippen LogP) is 1.78. The third-order valence-electron chi connectivity index (χ3n) is 4.08. The SMILES string of the molecule is CSc1nc2c(c(N3CC[CH-]C(CC#N)C3)n1)CCNC2.[Nb].[Nb]. The third kappa shape index (κ3) is 5.07. The minimum absolute atomic E-state index is 0. The Hall–Kier alpha value is 0.161. The molecule has 1 aromatic rings. The Morgan fingerprint density at radius 2 is 2.26 bits per heavy atom.